The van der Waals surface area contributed by atoms with Crippen LogP contribution in [0.5, 0.6) is 0 Å². The molecule has 8 heteroatoms. The molecule has 0 saturated carbocycles. The number of amides is 1. The molecule has 0 spiro atoms. The molecule has 1 aromatic heterocycles. The summed E-state index contributed by atoms with van der Waals surface area (Å²) in [5.74, 6) is -0.350. The van der Waals surface area contributed by atoms with Crippen LogP contribution < -0.4 is 5.56 Å². The molecule has 164 valence electrons. The summed E-state index contributed by atoms with van der Waals surface area (Å²) in [6.45, 7) is 6.25. The second-order valence-corrected chi connectivity index (χ2v) is 8.81. The smallest absolute Gasteiger partial charge is 0.266 e. The highest BCUT2D eigenvalue weighted by Crippen LogP contribution is 2.28. The molecule has 0 radical (unpaired) electrons. The molecule has 1 atom stereocenters. The maximum Gasteiger partial charge on any atom is 0.266 e. The lowest BCUT2D eigenvalue weighted by atomic mass is 10.1. The number of benzene rings is 2. The van der Waals surface area contributed by atoms with Crippen LogP contribution in [0.4, 0.5) is 4.39 Å². The van der Waals surface area contributed by atoms with Crippen LogP contribution in [0.2, 0.25) is 0 Å². The number of carbonyl (C=O) groups excluding carboxylic acids is 1. The number of hydrogen-bond acceptors (Lipinski definition) is 3. The third-order valence-electron chi connectivity index (χ3n) is 4.98. The van der Waals surface area contributed by atoms with Crippen molar-refractivity contribution >= 4 is 40.0 Å². The second kappa shape index (κ2) is 9.79. The van der Waals surface area contributed by atoms with E-state index >= 15 is 0 Å². The number of alkyl halides is 2. The van der Waals surface area contributed by atoms with Gasteiger partial charge >= 0.3 is 0 Å². The van der Waals surface area contributed by atoms with Gasteiger partial charge in [0.05, 0.1) is 22.6 Å². The summed E-state index contributed by atoms with van der Waals surface area (Å²) in [6, 6.07) is 12.1. The van der Waals surface area contributed by atoms with Crippen molar-refractivity contribution in [1.82, 2.24) is 14.5 Å². The summed E-state index contributed by atoms with van der Waals surface area (Å²) in [4.78, 5) is 31.5. The van der Waals surface area contributed by atoms with E-state index in [1.54, 1.807) is 29.2 Å². The molecule has 1 heterocycles. The van der Waals surface area contributed by atoms with Gasteiger partial charge in [0.25, 0.3) is 11.5 Å². The molecule has 0 N–H and O–H groups in total. The van der Waals surface area contributed by atoms with Gasteiger partial charge in [0.15, 0.2) is 4.84 Å². The molecule has 0 aliphatic rings. The fraction of sp³-hybridized carbons (Fsp3) is 0.348. The summed E-state index contributed by atoms with van der Waals surface area (Å²) in [5.41, 5.74) is 0.684. The van der Waals surface area contributed by atoms with Crippen LogP contribution in [-0.4, -0.2) is 31.7 Å². The second-order valence-electron chi connectivity index (χ2n) is 7.71. The van der Waals surface area contributed by atoms with Crippen molar-refractivity contribution in [2.45, 2.75) is 38.1 Å². The Morgan fingerprint density at radius 1 is 1.13 bits per heavy atom. The summed E-state index contributed by atoms with van der Waals surface area (Å²) >= 11 is 11.9. The monoisotopic (exact) mass is 463 g/mol. The molecule has 5 nitrogen and oxygen atoms in total. The van der Waals surface area contributed by atoms with Gasteiger partial charge in [0.2, 0.25) is 0 Å². The number of rotatable bonds is 7. The highest BCUT2D eigenvalue weighted by atomic mass is 35.5. The lowest BCUT2D eigenvalue weighted by molar-refractivity contribution is -0.132. The average Bonchev–Trinajstić information content (AvgIpc) is 2.74. The highest BCUT2D eigenvalue weighted by Gasteiger charge is 2.32. The lowest BCUT2D eigenvalue weighted by Gasteiger charge is -2.34. The van der Waals surface area contributed by atoms with E-state index in [-0.39, 0.29) is 11.5 Å². The number of hydrogen-bond donors (Lipinski definition) is 0. The Morgan fingerprint density at radius 2 is 1.77 bits per heavy atom. The number of fused-ring (bicyclic) bond motifs is 1. The molecule has 0 saturated heterocycles. The maximum atomic E-state index is 13.6. The topological polar surface area (TPSA) is 55.2 Å². The van der Waals surface area contributed by atoms with Crippen LogP contribution >= 0.6 is 23.2 Å². The normalized spacial score (nSPS) is 12.5. The van der Waals surface area contributed by atoms with Gasteiger partial charge in [-0.05, 0) is 48.7 Å². The van der Waals surface area contributed by atoms with Gasteiger partial charge in [-0.1, -0.05) is 56.1 Å². The predicted molar refractivity (Wildman–Crippen MR) is 122 cm³/mol. The van der Waals surface area contributed by atoms with E-state index < -0.39 is 22.6 Å². The number of nitrogens with zero attached hydrogens (tertiary/aromatic N) is 3. The van der Waals surface area contributed by atoms with E-state index in [1.165, 1.54) is 28.8 Å². The van der Waals surface area contributed by atoms with Gasteiger partial charge in [-0.25, -0.2) is 9.37 Å². The van der Waals surface area contributed by atoms with Gasteiger partial charge in [-0.15, -0.1) is 0 Å². The lowest BCUT2D eigenvalue weighted by Crippen LogP contribution is -2.42. The summed E-state index contributed by atoms with van der Waals surface area (Å²) < 4.78 is 15.0. The zero-order valence-electron chi connectivity index (χ0n) is 17.6. The SMILES string of the molecule is CCC(c1nc2ccccc2c(=O)n1-c1ccc(F)cc1)N(CC(C)C)C(=O)C(Cl)Cl. The molecule has 0 aliphatic carbocycles. The zero-order chi connectivity index (χ0) is 22.7. The number of carbonyl (C=O) groups is 1. The summed E-state index contributed by atoms with van der Waals surface area (Å²) in [6.07, 6.45) is 0.477. The minimum atomic E-state index is -1.24. The first-order valence-corrected chi connectivity index (χ1v) is 11.0. The average molecular weight is 464 g/mol. The third-order valence-corrected chi connectivity index (χ3v) is 5.35. The van der Waals surface area contributed by atoms with Gasteiger partial charge in [-0.2, -0.15) is 0 Å². The Morgan fingerprint density at radius 3 is 2.35 bits per heavy atom. The molecular weight excluding hydrogens is 440 g/mol. The van der Waals surface area contributed by atoms with Crippen LogP contribution in [0.3, 0.4) is 0 Å². The Kier molecular flexibility index (Phi) is 7.34. The van der Waals surface area contributed by atoms with E-state index in [4.69, 9.17) is 28.2 Å². The van der Waals surface area contributed by atoms with Gasteiger partial charge in [0, 0.05) is 6.54 Å². The van der Waals surface area contributed by atoms with Crippen LogP contribution in [0.25, 0.3) is 16.6 Å². The maximum absolute atomic E-state index is 13.6. The van der Waals surface area contributed by atoms with Crippen LogP contribution in [0.15, 0.2) is 53.3 Å². The number of para-hydroxylation sites is 1. The standard InChI is InChI=1S/C23H24Cl2FN3O2/c1-4-19(28(13-14(2)3)23(31)20(24)25)21-27-18-8-6-5-7-17(18)22(30)29(21)16-11-9-15(26)10-12-16/h5-12,14,19-20H,4,13H2,1-3H3. The number of aromatic nitrogens is 2. The van der Waals surface area contributed by atoms with E-state index in [2.05, 4.69) is 0 Å². The molecule has 31 heavy (non-hydrogen) atoms. The molecule has 1 unspecified atom stereocenters. The van der Waals surface area contributed by atoms with Gasteiger partial charge in [0.1, 0.15) is 11.6 Å². The molecule has 2 aromatic carbocycles. The first-order valence-electron chi connectivity index (χ1n) is 10.1. The molecule has 0 fully saturated rings. The largest absolute Gasteiger partial charge is 0.330 e. The van der Waals surface area contributed by atoms with Crippen molar-refractivity contribution in [2.24, 2.45) is 5.92 Å². The first-order chi connectivity index (χ1) is 14.7. The Balaban J connectivity index is 2.31. The zero-order valence-corrected chi connectivity index (χ0v) is 19.1. The summed E-state index contributed by atoms with van der Waals surface area (Å²) in [7, 11) is 0. The van der Waals surface area contributed by atoms with Gasteiger partial charge < -0.3 is 4.90 Å². The molecule has 3 aromatic rings. The van der Waals surface area contributed by atoms with Crippen molar-refractivity contribution < 1.29 is 9.18 Å². The fourth-order valence-corrected chi connectivity index (χ4v) is 3.90. The van der Waals surface area contributed by atoms with Crippen molar-refractivity contribution in [3.8, 4) is 5.69 Å². The third kappa shape index (κ3) is 4.91. The van der Waals surface area contributed by atoms with Crippen molar-refractivity contribution in [3.05, 3.63) is 70.5 Å². The van der Waals surface area contributed by atoms with E-state index in [9.17, 15) is 14.0 Å². The van der Waals surface area contributed by atoms with Gasteiger partial charge in [-0.3, -0.25) is 14.2 Å². The minimum absolute atomic E-state index is 0.136. The quantitative estimate of drug-likeness (QED) is 0.448. The molecule has 1 amide bonds. The summed E-state index contributed by atoms with van der Waals surface area (Å²) in [5, 5.41) is 0.430. The van der Waals surface area contributed by atoms with Crippen molar-refractivity contribution in [2.75, 3.05) is 6.54 Å². The minimum Gasteiger partial charge on any atom is -0.330 e. The molecular formula is C23H24Cl2FN3O2. The Labute approximate surface area is 190 Å². The Bertz CT molecular complexity index is 1130. The highest BCUT2D eigenvalue weighted by molar-refractivity contribution is 6.53. The molecule has 0 bridgehead atoms. The van der Waals surface area contributed by atoms with E-state index in [0.29, 0.717) is 35.4 Å². The van der Waals surface area contributed by atoms with E-state index in [1.807, 2.05) is 20.8 Å². The Hall–Kier alpha value is -2.44. The van der Waals surface area contributed by atoms with Crippen molar-refractivity contribution in [1.29, 1.82) is 0 Å². The van der Waals surface area contributed by atoms with Crippen LogP contribution in [0, 0.1) is 11.7 Å². The van der Waals surface area contributed by atoms with Crippen LogP contribution in [-0.2, 0) is 4.79 Å². The van der Waals surface area contributed by atoms with Crippen LogP contribution in [0.1, 0.15) is 39.1 Å². The molecule has 3 rings (SSSR count). The predicted octanol–water partition coefficient (Wildman–Crippen LogP) is 5.26. The fourth-order valence-electron chi connectivity index (χ4n) is 3.64. The first kappa shape index (κ1) is 23.2. The van der Waals surface area contributed by atoms with Crippen molar-refractivity contribution in [3.63, 3.8) is 0 Å². The number of halogens is 3. The van der Waals surface area contributed by atoms with E-state index in [0.717, 1.165) is 0 Å². The molecule has 0 aliphatic heterocycles.